The van der Waals surface area contributed by atoms with Gasteiger partial charge in [0.2, 0.25) is 0 Å². The van der Waals surface area contributed by atoms with Crippen LogP contribution < -0.4 is 15.4 Å². The molecule has 1 amide bonds. The Morgan fingerprint density at radius 2 is 1.83 bits per heavy atom. The van der Waals surface area contributed by atoms with Gasteiger partial charge in [-0.2, -0.15) is 0 Å². The zero-order chi connectivity index (χ0) is 20.9. The van der Waals surface area contributed by atoms with Crippen LogP contribution in [-0.4, -0.2) is 51.8 Å². The molecule has 156 valence electrons. The molecular formula is C21H25FN2O5. The molecule has 0 aliphatic rings. The molecule has 8 heteroatoms. The summed E-state index contributed by atoms with van der Waals surface area (Å²) in [7, 11) is 1.18. The van der Waals surface area contributed by atoms with Crippen molar-refractivity contribution in [3.63, 3.8) is 0 Å². The van der Waals surface area contributed by atoms with Crippen LogP contribution in [0.1, 0.15) is 15.9 Å². The van der Waals surface area contributed by atoms with Crippen molar-refractivity contribution in [3.8, 4) is 5.75 Å². The molecule has 2 N–H and O–H groups in total. The van der Waals surface area contributed by atoms with Crippen LogP contribution in [0.3, 0.4) is 0 Å². The van der Waals surface area contributed by atoms with E-state index < -0.39 is 11.8 Å². The maximum absolute atomic E-state index is 13.3. The molecule has 2 aromatic carbocycles. The summed E-state index contributed by atoms with van der Waals surface area (Å²) < 4.78 is 28.7. The van der Waals surface area contributed by atoms with Crippen LogP contribution in [0.4, 0.5) is 4.39 Å². The van der Waals surface area contributed by atoms with E-state index >= 15 is 0 Å². The fraction of sp³-hybridized carbons (Fsp3) is 0.333. The number of ether oxygens (including phenoxy) is 3. The molecule has 29 heavy (non-hydrogen) atoms. The van der Waals surface area contributed by atoms with Gasteiger partial charge in [-0.25, -0.2) is 9.18 Å². The van der Waals surface area contributed by atoms with Crippen molar-refractivity contribution in [2.24, 2.45) is 0 Å². The number of methoxy groups -OCH3 is 1. The number of hydrogen-bond acceptors (Lipinski definition) is 6. The largest absolute Gasteiger partial charge is 0.483 e. The highest BCUT2D eigenvalue weighted by atomic mass is 19.1. The van der Waals surface area contributed by atoms with E-state index in [-0.39, 0.29) is 23.8 Å². The first kappa shape index (κ1) is 22.3. The number of rotatable bonds is 12. The average molecular weight is 404 g/mol. The lowest BCUT2D eigenvalue weighted by Crippen LogP contribution is -2.35. The number of esters is 1. The number of hydrogen-bond donors (Lipinski definition) is 2. The second kappa shape index (κ2) is 12.5. The summed E-state index contributed by atoms with van der Waals surface area (Å²) in [4.78, 5) is 23.5. The van der Waals surface area contributed by atoms with Crippen molar-refractivity contribution >= 4 is 11.9 Å². The summed E-state index contributed by atoms with van der Waals surface area (Å²) in [5, 5.41) is 5.84. The van der Waals surface area contributed by atoms with Crippen LogP contribution in [0.15, 0.2) is 48.5 Å². The third-order valence-corrected chi connectivity index (χ3v) is 3.86. The molecule has 0 aliphatic carbocycles. The number of amides is 1. The molecule has 7 nitrogen and oxygen atoms in total. The first-order valence-corrected chi connectivity index (χ1v) is 9.20. The lowest BCUT2D eigenvalue weighted by Gasteiger charge is -2.11. The molecule has 0 aromatic heterocycles. The van der Waals surface area contributed by atoms with Gasteiger partial charge in [0, 0.05) is 19.6 Å². The zero-order valence-corrected chi connectivity index (χ0v) is 16.3. The molecule has 2 aromatic rings. The summed E-state index contributed by atoms with van der Waals surface area (Å²) >= 11 is 0. The minimum atomic E-state index is -0.737. The van der Waals surface area contributed by atoms with Gasteiger partial charge in [-0.15, -0.1) is 0 Å². The SMILES string of the molecule is COC(=O)c1cc(F)ccc1OCC(=O)NCCNCCOCc1ccccc1. The van der Waals surface area contributed by atoms with E-state index in [0.717, 1.165) is 17.7 Å². The van der Waals surface area contributed by atoms with E-state index in [0.29, 0.717) is 32.8 Å². The molecule has 2 rings (SSSR count). The lowest BCUT2D eigenvalue weighted by atomic mass is 10.2. The normalized spacial score (nSPS) is 10.4. The number of nitrogens with one attached hydrogen (secondary N) is 2. The summed E-state index contributed by atoms with van der Waals surface area (Å²) in [6, 6.07) is 13.3. The van der Waals surface area contributed by atoms with Gasteiger partial charge < -0.3 is 24.8 Å². The Balaban J connectivity index is 1.57. The van der Waals surface area contributed by atoms with Gasteiger partial charge in [0.25, 0.3) is 5.91 Å². The predicted molar refractivity (Wildman–Crippen MR) is 105 cm³/mol. The fourth-order valence-corrected chi connectivity index (χ4v) is 2.42. The van der Waals surface area contributed by atoms with Crippen LogP contribution in [0.2, 0.25) is 0 Å². The van der Waals surface area contributed by atoms with Crippen LogP contribution in [0.25, 0.3) is 0 Å². The average Bonchev–Trinajstić information content (AvgIpc) is 2.74. The standard InChI is InChI=1S/C21H25FN2O5/c1-27-21(26)18-13-17(22)7-8-19(18)29-15-20(25)24-10-9-23-11-12-28-14-16-5-3-2-4-6-16/h2-8,13,23H,9-12,14-15H2,1H3,(H,24,25). The molecule has 0 saturated carbocycles. The second-order valence-corrected chi connectivity index (χ2v) is 6.06. The summed E-state index contributed by atoms with van der Waals surface area (Å²) in [6.45, 7) is 2.48. The van der Waals surface area contributed by atoms with Gasteiger partial charge in [-0.05, 0) is 23.8 Å². The van der Waals surface area contributed by atoms with Crippen LogP contribution in [0, 0.1) is 5.82 Å². The van der Waals surface area contributed by atoms with E-state index in [1.54, 1.807) is 0 Å². The molecule has 0 radical (unpaired) electrons. The Morgan fingerprint density at radius 3 is 2.59 bits per heavy atom. The topological polar surface area (TPSA) is 85.9 Å². The van der Waals surface area contributed by atoms with E-state index in [2.05, 4.69) is 15.4 Å². The highest BCUT2D eigenvalue weighted by molar-refractivity contribution is 5.92. The summed E-state index contributed by atoms with van der Waals surface area (Å²) in [5.74, 6) is -1.60. The van der Waals surface area contributed by atoms with Crippen molar-refractivity contribution in [1.29, 1.82) is 0 Å². The third-order valence-electron chi connectivity index (χ3n) is 3.86. The van der Waals surface area contributed by atoms with Crippen molar-refractivity contribution in [3.05, 3.63) is 65.5 Å². The van der Waals surface area contributed by atoms with Gasteiger partial charge in [0.15, 0.2) is 6.61 Å². The first-order valence-electron chi connectivity index (χ1n) is 9.20. The number of carbonyl (C=O) groups excluding carboxylic acids is 2. The quantitative estimate of drug-likeness (QED) is 0.415. The molecule has 0 bridgehead atoms. The van der Waals surface area contributed by atoms with E-state index in [4.69, 9.17) is 9.47 Å². The smallest absolute Gasteiger partial charge is 0.341 e. The maximum Gasteiger partial charge on any atom is 0.341 e. The second-order valence-electron chi connectivity index (χ2n) is 6.06. The van der Waals surface area contributed by atoms with E-state index in [9.17, 15) is 14.0 Å². The monoisotopic (exact) mass is 404 g/mol. The van der Waals surface area contributed by atoms with Gasteiger partial charge in [-0.3, -0.25) is 4.79 Å². The van der Waals surface area contributed by atoms with E-state index in [1.807, 2.05) is 30.3 Å². The zero-order valence-electron chi connectivity index (χ0n) is 16.3. The summed E-state index contributed by atoms with van der Waals surface area (Å²) in [5.41, 5.74) is 1.05. The van der Waals surface area contributed by atoms with Crippen molar-refractivity contribution < 1.29 is 28.2 Å². The predicted octanol–water partition coefficient (Wildman–Crippen LogP) is 1.91. The molecule has 0 heterocycles. The highest BCUT2D eigenvalue weighted by Crippen LogP contribution is 2.20. The number of carbonyl (C=O) groups is 2. The molecular weight excluding hydrogens is 379 g/mol. The molecule has 0 aliphatic heterocycles. The number of halogens is 1. The minimum Gasteiger partial charge on any atom is -0.483 e. The summed E-state index contributed by atoms with van der Waals surface area (Å²) in [6.07, 6.45) is 0. The van der Waals surface area contributed by atoms with Gasteiger partial charge in [-0.1, -0.05) is 30.3 Å². The molecule has 0 unspecified atom stereocenters. The molecule has 0 saturated heterocycles. The van der Waals surface area contributed by atoms with E-state index in [1.165, 1.54) is 13.2 Å². The Kier molecular flexibility index (Phi) is 9.61. The first-order chi connectivity index (χ1) is 14.1. The molecule has 0 spiro atoms. The minimum absolute atomic E-state index is 0.0718. The van der Waals surface area contributed by atoms with Gasteiger partial charge >= 0.3 is 5.97 Å². The van der Waals surface area contributed by atoms with Crippen molar-refractivity contribution in [2.45, 2.75) is 6.61 Å². The maximum atomic E-state index is 13.3. The molecule has 0 fully saturated rings. The fourth-order valence-electron chi connectivity index (χ4n) is 2.42. The Labute approximate surface area is 169 Å². The highest BCUT2D eigenvalue weighted by Gasteiger charge is 2.15. The third kappa shape index (κ3) is 8.28. The van der Waals surface area contributed by atoms with Crippen LogP contribution in [0.5, 0.6) is 5.75 Å². The Hall–Kier alpha value is -2.97. The van der Waals surface area contributed by atoms with Gasteiger partial charge in [0.05, 0.1) is 20.3 Å². The lowest BCUT2D eigenvalue weighted by molar-refractivity contribution is -0.123. The van der Waals surface area contributed by atoms with Crippen molar-refractivity contribution in [2.75, 3.05) is 40.0 Å². The van der Waals surface area contributed by atoms with Crippen LogP contribution >= 0.6 is 0 Å². The van der Waals surface area contributed by atoms with Gasteiger partial charge in [0.1, 0.15) is 17.1 Å². The Morgan fingerprint density at radius 1 is 1.03 bits per heavy atom. The number of benzene rings is 2. The van der Waals surface area contributed by atoms with Crippen LogP contribution in [-0.2, 0) is 20.9 Å². The molecule has 0 atom stereocenters. The van der Waals surface area contributed by atoms with Crippen molar-refractivity contribution in [1.82, 2.24) is 10.6 Å². The Bertz CT molecular complexity index is 786.